The Balaban J connectivity index is 1.93. The zero-order valence-corrected chi connectivity index (χ0v) is 13.3. The first-order valence-electron chi connectivity index (χ1n) is 7.47. The van der Waals surface area contributed by atoms with E-state index in [9.17, 15) is 9.18 Å². The number of benzene rings is 2. The van der Waals surface area contributed by atoms with Crippen LogP contribution in [0.1, 0.15) is 22.8 Å². The average molecular weight is 317 g/mol. The van der Waals surface area contributed by atoms with E-state index in [0.29, 0.717) is 36.6 Å². The first-order valence-corrected chi connectivity index (χ1v) is 7.47. The van der Waals surface area contributed by atoms with E-state index in [0.717, 1.165) is 5.56 Å². The number of carbonyl (C=O) groups excluding carboxylic acids is 1. The van der Waals surface area contributed by atoms with Crippen molar-refractivity contribution in [1.29, 1.82) is 0 Å². The smallest absolute Gasteiger partial charge is 0.251 e. The predicted molar refractivity (Wildman–Crippen MR) is 86.6 cm³/mol. The first kappa shape index (κ1) is 16.8. The van der Waals surface area contributed by atoms with Gasteiger partial charge in [0.05, 0.1) is 13.7 Å². The molecule has 0 atom stereocenters. The Morgan fingerprint density at radius 3 is 2.52 bits per heavy atom. The summed E-state index contributed by atoms with van der Waals surface area (Å²) in [5, 5.41) is 2.84. The van der Waals surface area contributed by atoms with Crippen LogP contribution in [0.2, 0.25) is 0 Å². The first-order chi connectivity index (χ1) is 11.1. The van der Waals surface area contributed by atoms with Gasteiger partial charge in [0.2, 0.25) is 0 Å². The van der Waals surface area contributed by atoms with Gasteiger partial charge in [0, 0.05) is 12.1 Å². The molecule has 1 amide bonds. The Bertz CT molecular complexity index is 656. The number of hydrogen-bond acceptors (Lipinski definition) is 3. The number of nitrogens with one attached hydrogen (secondary N) is 1. The zero-order valence-electron chi connectivity index (χ0n) is 13.3. The fourth-order valence-corrected chi connectivity index (χ4v) is 2.16. The maximum absolute atomic E-state index is 12.8. The molecule has 0 saturated carbocycles. The summed E-state index contributed by atoms with van der Waals surface area (Å²) >= 11 is 0. The SMILES string of the molecule is CCOc1ccc(C(=O)NCCc2ccc(F)cc2)cc1OC. The molecule has 2 aromatic carbocycles. The van der Waals surface area contributed by atoms with Crippen LogP contribution < -0.4 is 14.8 Å². The van der Waals surface area contributed by atoms with Gasteiger partial charge in [-0.15, -0.1) is 0 Å². The monoisotopic (exact) mass is 317 g/mol. The Labute approximate surface area is 135 Å². The fourth-order valence-electron chi connectivity index (χ4n) is 2.16. The molecule has 23 heavy (non-hydrogen) atoms. The van der Waals surface area contributed by atoms with Crippen LogP contribution in [0.15, 0.2) is 42.5 Å². The highest BCUT2D eigenvalue weighted by Gasteiger charge is 2.10. The number of rotatable bonds is 7. The summed E-state index contributed by atoms with van der Waals surface area (Å²) in [6, 6.07) is 11.3. The van der Waals surface area contributed by atoms with Crippen LogP contribution in [0.25, 0.3) is 0 Å². The van der Waals surface area contributed by atoms with Gasteiger partial charge in [-0.05, 0) is 49.2 Å². The van der Waals surface area contributed by atoms with E-state index < -0.39 is 0 Å². The average Bonchev–Trinajstić information content (AvgIpc) is 2.57. The highest BCUT2D eigenvalue weighted by atomic mass is 19.1. The van der Waals surface area contributed by atoms with Gasteiger partial charge < -0.3 is 14.8 Å². The number of methoxy groups -OCH3 is 1. The van der Waals surface area contributed by atoms with Crippen LogP contribution in [-0.4, -0.2) is 26.2 Å². The third-order valence-electron chi connectivity index (χ3n) is 3.34. The summed E-state index contributed by atoms with van der Waals surface area (Å²) in [6.07, 6.45) is 0.639. The van der Waals surface area contributed by atoms with Gasteiger partial charge in [-0.25, -0.2) is 4.39 Å². The molecule has 0 unspecified atom stereocenters. The van der Waals surface area contributed by atoms with Crippen molar-refractivity contribution in [2.24, 2.45) is 0 Å². The van der Waals surface area contributed by atoms with E-state index in [4.69, 9.17) is 9.47 Å². The van der Waals surface area contributed by atoms with Crippen molar-refractivity contribution in [2.75, 3.05) is 20.3 Å². The highest BCUT2D eigenvalue weighted by molar-refractivity contribution is 5.94. The molecule has 0 saturated heterocycles. The second-order valence-corrected chi connectivity index (χ2v) is 4.93. The van der Waals surface area contributed by atoms with Crippen molar-refractivity contribution in [1.82, 2.24) is 5.32 Å². The molecular formula is C18H20FNO3. The maximum atomic E-state index is 12.8. The molecule has 0 aliphatic heterocycles. The van der Waals surface area contributed by atoms with Crippen molar-refractivity contribution >= 4 is 5.91 Å². The molecule has 0 spiro atoms. The standard InChI is InChI=1S/C18H20FNO3/c1-3-23-16-9-6-14(12-17(16)22-2)18(21)20-11-10-13-4-7-15(19)8-5-13/h4-9,12H,3,10-11H2,1-2H3,(H,20,21). The molecule has 2 aromatic rings. The van der Waals surface area contributed by atoms with Gasteiger partial charge in [0.15, 0.2) is 11.5 Å². The van der Waals surface area contributed by atoms with Crippen LogP contribution >= 0.6 is 0 Å². The maximum Gasteiger partial charge on any atom is 0.251 e. The number of halogens is 1. The lowest BCUT2D eigenvalue weighted by atomic mass is 10.1. The molecule has 0 aliphatic carbocycles. The van der Waals surface area contributed by atoms with Crippen LogP contribution in [0, 0.1) is 5.82 Å². The van der Waals surface area contributed by atoms with E-state index in [-0.39, 0.29) is 11.7 Å². The summed E-state index contributed by atoms with van der Waals surface area (Å²) in [5.74, 6) is 0.684. The van der Waals surface area contributed by atoms with Crippen LogP contribution in [0.3, 0.4) is 0 Å². The third kappa shape index (κ3) is 4.71. The number of ether oxygens (including phenoxy) is 2. The van der Waals surface area contributed by atoms with Crippen molar-refractivity contribution in [3.63, 3.8) is 0 Å². The zero-order chi connectivity index (χ0) is 16.7. The van der Waals surface area contributed by atoms with Gasteiger partial charge in [-0.2, -0.15) is 0 Å². The van der Waals surface area contributed by atoms with Crippen LogP contribution in [0.4, 0.5) is 4.39 Å². The summed E-state index contributed by atoms with van der Waals surface area (Å²) in [6.45, 7) is 2.88. The van der Waals surface area contributed by atoms with E-state index in [1.54, 1.807) is 30.3 Å². The minimum atomic E-state index is -0.265. The van der Waals surface area contributed by atoms with Crippen molar-refractivity contribution in [3.8, 4) is 11.5 Å². The second-order valence-electron chi connectivity index (χ2n) is 4.93. The third-order valence-corrected chi connectivity index (χ3v) is 3.34. The van der Waals surface area contributed by atoms with Gasteiger partial charge in [0.1, 0.15) is 5.82 Å². The molecule has 0 radical (unpaired) electrons. The lowest BCUT2D eigenvalue weighted by molar-refractivity contribution is 0.0953. The summed E-state index contributed by atoms with van der Waals surface area (Å²) in [7, 11) is 1.54. The molecule has 0 bridgehead atoms. The number of carbonyl (C=O) groups is 1. The topological polar surface area (TPSA) is 47.6 Å². The van der Waals surface area contributed by atoms with E-state index in [1.165, 1.54) is 19.2 Å². The van der Waals surface area contributed by atoms with E-state index in [2.05, 4.69) is 5.32 Å². The lowest BCUT2D eigenvalue weighted by Crippen LogP contribution is -2.25. The minimum absolute atomic E-state index is 0.187. The van der Waals surface area contributed by atoms with E-state index in [1.807, 2.05) is 6.92 Å². The molecule has 0 fully saturated rings. The lowest BCUT2D eigenvalue weighted by Gasteiger charge is -2.11. The molecule has 0 heterocycles. The predicted octanol–water partition coefficient (Wildman–Crippen LogP) is 3.21. The van der Waals surface area contributed by atoms with Crippen LogP contribution in [-0.2, 0) is 6.42 Å². The fraction of sp³-hybridized carbons (Fsp3) is 0.278. The normalized spacial score (nSPS) is 10.2. The Hall–Kier alpha value is -2.56. The molecule has 5 heteroatoms. The summed E-state index contributed by atoms with van der Waals surface area (Å²) in [4.78, 5) is 12.2. The molecular weight excluding hydrogens is 297 g/mol. The Kier molecular flexibility index (Phi) is 5.97. The Morgan fingerprint density at radius 1 is 1.13 bits per heavy atom. The van der Waals surface area contributed by atoms with Crippen LogP contribution in [0.5, 0.6) is 11.5 Å². The minimum Gasteiger partial charge on any atom is -0.493 e. The highest BCUT2D eigenvalue weighted by Crippen LogP contribution is 2.27. The Morgan fingerprint density at radius 2 is 1.87 bits per heavy atom. The molecule has 0 aliphatic rings. The van der Waals surface area contributed by atoms with E-state index >= 15 is 0 Å². The quantitative estimate of drug-likeness (QED) is 0.853. The molecule has 122 valence electrons. The molecule has 1 N–H and O–H groups in total. The number of hydrogen-bond donors (Lipinski definition) is 1. The summed E-state index contributed by atoms with van der Waals surface area (Å²) < 4.78 is 23.5. The van der Waals surface area contributed by atoms with Crippen molar-refractivity contribution in [3.05, 3.63) is 59.4 Å². The summed E-state index contributed by atoms with van der Waals surface area (Å²) in [5.41, 5.74) is 1.47. The molecule has 2 rings (SSSR count). The number of amides is 1. The largest absolute Gasteiger partial charge is 0.493 e. The van der Waals surface area contributed by atoms with Gasteiger partial charge in [-0.3, -0.25) is 4.79 Å². The van der Waals surface area contributed by atoms with Gasteiger partial charge in [-0.1, -0.05) is 12.1 Å². The van der Waals surface area contributed by atoms with Gasteiger partial charge in [0.25, 0.3) is 5.91 Å². The second kappa shape index (κ2) is 8.17. The van der Waals surface area contributed by atoms with Crippen molar-refractivity contribution < 1.29 is 18.7 Å². The molecule has 4 nitrogen and oxygen atoms in total. The van der Waals surface area contributed by atoms with Gasteiger partial charge >= 0.3 is 0 Å². The molecule has 0 aromatic heterocycles. The van der Waals surface area contributed by atoms with Crippen molar-refractivity contribution in [2.45, 2.75) is 13.3 Å².